The van der Waals surface area contributed by atoms with Crippen LogP contribution in [-0.2, 0) is 0 Å². The topological polar surface area (TPSA) is 62.6 Å². The fourth-order valence-electron chi connectivity index (χ4n) is 1.79. The van der Waals surface area contributed by atoms with Crippen molar-refractivity contribution in [1.82, 2.24) is 4.90 Å². The molecule has 21 heavy (non-hydrogen) atoms. The summed E-state index contributed by atoms with van der Waals surface area (Å²) < 4.78 is 4.89. The molecule has 110 valence electrons. The molecule has 2 amide bonds. The van der Waals surface area contributed by atoms with E-state index < -0.39 is 0 Å². The van der Waals surface area contributed by atoms with E-state index in [4.69, 9.17) is 16.0 Å². The number of benzene rings is 1. The molecule has 0 unspecified atom stereocenters. The zero-order valence-corrected chi connectivity index (χ0v) is 12.7. The predicted octanol–water partition coefficient (Wildman–Crippen LogP) is 3.20. The van der Waals surface area contributed by atoms with Crippen molar-refractivity contribution in [3.8, 4) is 0 Å². The Kier molecular flexibility index (Phi) is 4.33. The largest absolute Gasteiger partial charge is 0.452 e. The number of rotatable bonds is 3. The zero-order chi connectivity index (χ0) is 15.6. The SMILES string of the molecule is Cc1ccc(C(=O)N(C)C)cc1NC(=O)c1ccoc1Cl. The predicted molar refractivity (Wildman–Crippen MR) is 80.9 cm³/mol. The van der Waals surface area contributed by atoms with Gasteiger partial charge in [0.25, 0.3) is 11.8 Å². The molecule has 0 spiro atoms. The van der Waals surface area contributed by atoms with Gasteiger partial charge in [-0.25, -0.2) is 0 Å². The Labute approximate surface area is 127 Å². The van der Waals surface area contributed by atoms with Crippen LogP contribution in [0.5, 0.6) is 0 Å². The highest BCUT2D eigenvalue weighted by molar-refractivity contribution is 6.32. The summed E-state index contributed by atoms with van der Waals surface area (Å²) in [6, 6.07) is 6.63. The molecule has 2 rings (SSSR count). The summed E-state index contributed by atoms with van der Waals surface area (Å²) in [5, 5.41) is 2.77. The van der Waals surface area contributed by atoms with Gasteiger partial charge in [-0.1, -0.05) is 6.07 Å². The maximum Gasteiger partial charge on any atom is 0.260 e. The molecule has 1 aromatic heterocycles. The van der Waals surface area contributed by atoms with E-state index in [0.717, 1.165) is 5.56 Å². The van der Waals surface area contributed by atoms with Crippen LogP contribution in [0.15, 0.2) is 34.9 Å². The molecule has 0 atom stereocenters. The van der Waals surface area contributed by atoms with Gasteiger partial charge in [0.05, 0.1) is 11.8 Å². The molecule has 0 aliphatic rings. The molecule has 6 heteroatoms. The van der Waals surface area contributed by atoms with E-state index in [1.165, 1.54) is 17.2 Å². The lowest BCUT2D eigenvalue weighted by molar-refractivity contribution is 0.0827. The number of aryl methyl sites for hydroxylation is 1. The molecule has 0 radical (unpaired) electrons. The Morgan fingerprint density at radius 2 is 1.95 bits per heavy atom. The highest BCUT2D eigenvalue weighted by atomic mass is 35.5. The van der Waals surface area contributed by atoms with Gasteiger partial charge in [-0.2, -0.15) is 0 Å². The van der Waals surface area contributed by atoms with Gasteiger partial charge in [-0.05, 0) is 42.3 Å². The van der Waals surface area contributed by atoms with Crippen molar-refractivity contribution in [2.45, 2.75) is 6.92 Å². The maximum atomic E-state index is 12.1. The molecule has 0 bridgehead atoms. The number of hydrogen-bond acceptors (Lipinski definition) is 3. The summed E-state index contributed by atoms with van der Waals surface area (Å²) in [7, 11) is 3.34. The third-order valence-corrected chi connectivity index (χ3v) is 3.29. The second-order valence-corrected chi connectivity index (χ2v) is 5.13. The van der Waals surface area contributed by atoms with Gasteiger partial charge in [-0.3, -0.25) is 9.59 Å². The molecule has 0 aliphatic carbocycles. The molecule has 1 aromatic carbocycles. The number of hydrogen-bond donors (Lipinski definition) is 1. The lowest BCUT2D eigenvalue weighted by Gasteiger charge is -2.13. The number of amides is 2. The minimum atomic E-state index is -0.383. The van der Waals surface area contributed by atoms with E-state index in [1.807, 2.05) is 6.92 Å². The number of furan rings is 1. The van der Waals surface area contributed by atoms with E-state index >= 15 is 0 Å². The number of carbonyl (C=O) groups excluding carboxylic acids is 2. The molecule has 0 aliphatic heterocycles. The summed E-state index contributed by atoms with van der Waals surface area (Å²) >= 11 is 5.78. The number of nitrogens with one attached hydrogen (secondary N) is 1. The molecule has 5 nitrogen and oxygen atoms in total. The van der Waals surface area contributed by atoms with Crippen LogP contribution in [0.2, 0.25) is 5.22 Å². The lowest BCUT2D eigenvalue weighted by Crippen LogP contribution is -2.22. The van der Waals surface area contributed by atoms with E-state index in [-0.39, 0.29) is 22.6 Å². The number of anilines is 1. The Morgan fingerprint density at radius 3 is 2.52 bits per heavy atom. The molecule has 1 heterocycles. The first-order valence-electron chi connectivity index (χ1n) is 6.27. The normalized spacial score (nSPS) is 10.3. The van der Waals surface area contributed by atoms with Crippen LogP contribution in [0.3, 0.4) is 0 Å². The van der Waals surface area contributed by atoms with Crippen molar-refractivity contribution >= 4 is 29.1 Å². The van der Waals surface area contributed by atoms with E-state index in [9.17, 15) is 9.59 Å². The minimum absolute atomic E-state index is 0.0330. The van der Waals surface area contributed by atoms with Crippen LogP contribution in [-0.4, -0.2) is 30.8 Å². The maximum absolute atomic E-state index is 12.1. The van der Waals surface area contributed by atoms with Gasteiger partial charge in [0.15, 0.2) is 0 Å². The molecule has 0 saturated heterocycles. The molecular formula is C15H15ClN2O3. The minimum Gasteiger partial charge on any atom is -0.452 e. The average molecular weight is 307 g/mol. The van der Waals surface area contributed by atoms with Gasteiger partial charge in [-0.15, -0.1) is 0 Å². The first-order valence-corrected chi connectivity index (χ1v) is 6.64. The van der Waals surface area contributed by atoms with E-state index in [1.54, 1.807) is 32.3 Å². The van der Waals surface area contributed by atoms with E-state index in [0.29, 0.717) is 11.3 Å². The van der Waals surface area contributed by atoms with Crippen LogP contribution in [0.4, 0.5) is 5.69 Å². The number of nitrogens with zero attached hydrogens (tertiary/aromatic N) is 1. The van der Waals surface area contributed by atoms with Gasteiger partial charge < -0.3 is 14.6 Å². The third-order valence-electron chi connectivity index (χ3n) is 3.00. The summed E-state index contributed by atoms with van der Waals surface area (Å²) in [4.78, 5) is 25.5. The molecule has 0 fully saturated rings. The fourth-order valence-corrected chi connectivity index (χ4v) is 1.99. The first-order chi connectivity index (χ1) is 9.90. The van der Waals surface area contributed by atoms with E-state index in [2.05, 4.69) is 5.32 Å². The summed E-state index contributed by atoms with van der Waals surface area (Å²) in [5.41, 5.74) is 2.16. The smallest absolute Gasteiger partial charge is 0.260 e. The lowest BCUT2D eigenvalue weighted by atomic mass is 10.1. The van der Waals surface area contributed by atoms with Crippen LogP contribution in [0.25, 0.3) is 0 Å². The quantitative estimate of drug-likeness (QED) is 0.947. The second-order valence-electron chi connectivity index (χ2n) is 4.79. The Morgan fingerprint density at radius 1 is 1.24 bits per heavy atom. The van der Waals surface area contributed by atoms with Crippen LogP contribution in [0, 0.1) is 6.92 Å². The molecule has 0 saturated carbocycles. The van der Waals surface area contributed by atoms with Crippen molar-refractivity contribution in [3.05, 3.63) is 52.4 Å². The Balaban J connectivity index is 2.28. The zero-order valence-electron chi connectivity index (χ0n) is 11.9. The van der Waals surface area contributed by atoms with Crippen molar-refractivity contribution < 1.29 is 14.0 Å². The van der Waals surface area contributed by atoms with Gasteiger partial charge in [0.1, 0.15) is 0 Å². The van der Waals surface area contributed by atoms with Crippen molar-refractivity contribution in [1.29, 1.82) is 0 Å². The van der Waals surface area contributed by atoms with Crippen molar-refractivity contribution in [2.75, 3.05) is 19.4 Å². The van der Waals surface area contributed by atoms with Gasteiger partial charge in [0.2, 0.25) is 5.22 Å². The molecule has 1 N–H and O–H groups in total. The second kappa shape index (κ2) is 6.01. The van der Waals surface area contributed by atoms with Crippen LogP contribution in [0.1, 0.15) is 26.3 Å². The highest BCUT2D eigenvalue weighted by Crippen LogP contribution is 2.21. The van der Waals surface area contributed by atoms with Crippen molar-refractivity contribution in [3.63, 3.8) is 0 Å². The fraction of sp³-hybridized carbons (Fsp3) is 0.200. The third kappa shape index (κ3) is 3.25. The summed E-state index contributed by atoms with van der Waals surface area (Å²) in [5.74, 6) is -0.516. The monoisotopic (exact) mass is 306 g/mol. The van der Waals surface area contributed by atoms with Gasteiger partial charge >= 0.3 is 0 Å². The summed E-state index contributed by atoms with van der Waals surface area (Å²) in [6.45, 7) is 1.84. The Hall–Kier alpha value is -2.27. The van der Waals surface area contributed by atoms with Gasteiger partial charge in [0, 0.05) is 25.3 Å². The average Bonchev–Trinajstić information content (AvgIpc) is 2.86. The standard InChI is InChI=1S/C15H15ClN2O3/c1-9-4-5-10(15(20)18(2)3)8-12(9)17-14(19)11-6-7-21-13(11)16/h4-8H,1-3H3,(H,17,19). The van der Waals surface area contributed by atoms with Crippen molar-refractivity contribution in [2.24, 2.45) is 0 Å². The number of halogens is 1. The first kappa shape index (κ1) is 15.1. The summed E-state index contributed by atoms with van der Waals surface area (Å²) in [6.07, 6.45) is 1.34. The Bertz CT molecular complexity index is 692. The van der Waals surface area contributed by atoms with Crippen LogP contribution >= 0.6 is 11.6 Å². The number of carbonyl (C=O) groups is 2. The molecular weight excluding hydrogens is 292 g/mol. The van der Waals surface area contributed by atoms with Crippen LogP contribution < -0.4 is 5.32 Å². The highest BCUT2D eigenvalue weighted by Gasteiger charge is 2.15. The molecule has 2 aromatic rings.